The maximum Gasteiger partial charge on any atom is 0.329 e. The third-order valence-electron chi connectivity index (χ3n) is 2.99. The Labute approximate surface area is 97.7 Å². The molecule has 0 bridgehead atoms. The topological polar surface area (TPSA) is 75.1 Å². The molecule has 2 aromatic rings. The molecule has 0 saturated heterocycles. The van der Waals surface area contributed by atoms with E-state index in [4.69, 9.17) is 0 Å². The van der Waals surface area contributed by atoms with Crippen molar-refractivity contribution in [1.29, 1.82) is 0 Å². The number of hydrogen-bond acceptors (Lipinski definition) is 2. The Morgan fingerprint density at radius 1 is 1.41 bits per heavy atom. The number of aryl methyl sites for hydroxylation is 1. The zero-order valence-electron chi connectivity index (χ0n) is 9.94. The number of rotatable bonds is 2. The first-order valence-electron chi connectivity index (χ1n) is 5.30. The Morgan fingerprint density at radius 2 is 2.06 bits per heavy atom. The van der Waals surface area contributed by atoms with Crippen LogP contribution in [0.2, 0.25) is 0 Å². The molecule has 0 atom stereocenters. The molecule has 2 rings (SSSR count). The van der Waals surface area contributed by atoms with Gasteiger partial charge in [0.05, 0.1) is 11.0 Å². The van der Waals surface area contributed by atoms with Gasteiger partial charge in [-0.1, -0.05) is 12.1 Å². The lowest BCUT2D eigenvalue weighted by Crippen LogP contribution is -2.41. The minimum atomic E-state index is -1.28. The fraction of sp³-hybridized carbons (Fsp3) is 0.333. The van der Waals surface area contributed by atoms with Crippen LogP contribution in [-0.4, -0.2) is 20.6 Å². The zero-order chi connectivity index (χ0) is 12.8. The lowest BCUT2D eigenvalue weighted by Gasteiger charge is -2.21. The number of nitrogens with one attached hydrogen (secondary N) is 1. The number of aromatic nitrogens is 2. The van der Waals surface area contributed by atoms with E-state index in [9.17, 15) is 14.7 Å². The van der Waals surface area contributed by atoms with Gasteiger partial charge in [-0.05, 0) is 32.4 Å². The molecule has 1 heterocycles. The number of benzene rings is 1. The van der Waals surface area contributed by atoms with E-state index in [1.165, 1.54) is 18.4 Å². The van der Waals surface area contributed by atoms with Gasteiger partial charge in [-0.2, -0.15) is 0 Å². The number of hydrogen-bond donors (Lipinski definition) is 2. The van der Waals surface area contributed by atoms with Gasteiger partial charge in [0, 0.05) is 0 Å². The van der Waals surface area contributed by atoms with Gasteiger partial charge in [0.2, 0.25) is 0 Å². The molecule has 1 aromatic heterocycles. The normalized spacial score (nSPS) is 11.9. The first-order chi connectivity index (χ1) is 7.85. The molecule has 5 nitrogen and oxygen atoms in total. The van der Waals surface area contributed by atoms with Crippen LogP contribution < -0.4 is 5.69 Å². The van der Waals surface area contributed by atoms with Gasteiger partial charge >= 0.3 is 11.7 Å². The number of carbonyl (C=O) groups is 1. The smallest absolute Gasteiger partial charge is 0.329 e. The predicted molar refractivity (Wildman–Crippen MR) is 64.3 cm³/mol. The molecule has 0 spiro atoms. The molecule has 0 radical (unpaired) electrons. The Hall–Kier alpha value is -2.04. The van der Waals surface area contributed by atoms with Crippen LogP contribution >= 0.6 is 0 Å². The molecule has 0 fully saturated rings. The highest BCUT2D eigenvalue weighted by molar-refractivity contribution is 5.83. The van der Waals surface area contributed by atoms with Crippen molar-refractivity contribution < 1.29 is 9.90 Å². The molecule has 0 aliphatic rings. The molecule has 1 aromatic carbocycles. The van der Waals surface area contributed by atoms with Crippen LogP contribution in [0, 0.1) is 6.92 Å². The van der Waals surface area contributed by atoms with Crippen LogP contribution in [-0.2, 0) is 10.3 Å². The number of carboxylic acids is 1. The number of para-hydroxylation sites is 1. The summed E-state index contributed by atoms with van der Waals surface area (Å²) in [5.74, 6) is -1.04. The minimum absolute atomic E-state index is 0.401. The van der Waals surface area contributed by atoms with Crippen molar-refractivity contribution in [2.24, 2.45) is 0 Å². The van der Waals surface area contributed by atoms with Gasteiger partial charge in [0.25, 0.3) is 0 Å². The van der Waals surface area contributed by atoms with E-state index in [0.717, 1.165) is 5.56 Å². The Kier molecular flexibility index (Phi) is 2.34. The molecule has 17 heavy (non-hydrogen) atoms. The van der Waals surface area contributed by atoms with E-state index >= 15 is 0 Å². The van der Waals surface area contributed by atoms with E-state index in [1.807, 2.05) is 19.1 Å². The molecule has 5 heteroatoms. The van der Waals surface area contributed by atoms with E-state index in [2.05, 4.69) is 4.98 Å². The maximum atomic E-state index is 11.9. The van der Waals surface area contributed by atoms with E-state index in [-0.39, 0.29) is 0 Å². The second kappa shape index (κ2) is 3.48. The molecule has 0 aliphatic heterocycles. The highest BCUT2D eigenvalue weighted by Crippen LogP contribution is 2.22. The van der Waals surface area contributed by atoms with E-state index in [1.54, 1.807) is 6.07 Å². The second-order valence-corrected chi connectivity index (χ2v) is 4.60. The number of aromatic amines is 1. The fourth-order valence-corrected chi connectivity index (χ4v) is 1.96. The van der Waals surface area contributed by atoms with Crippen molar-refractivity contribution in [2.45, 2.75) is 26.3 Å². The highest BCUT2D eigenvalue weighted by Gasteiger charge is 2.33. The largest absolute Gasteiger partial charge is 0.480 e. The quantitative estimate of drug-likeness (QED) is 0.826. The van der Waals surface area contributed by atoms with E-state index in [0.29, 0.717) is 11.0 Å². The van der Waals surface area contributed by atoms with Gasteiger partial charge < -0.3 is 10.1 Å². The Bertz CT molecular complexity index is 649. The SMILES string of the molecule is Cc1cccc2[nH]c(=O)n(C(C)(C)C(=O)O)c12. The van der Waals surface area contributed by atoms with Gasteiger partial charge in [-0.15, -0.1) is 0 Å². The van der Waals surface area contributed by atoms with Gasteiger partial charge in [-0.3, -0.25) is 4.57 Å². The summed E-state index contributed by atoms with van der Waals surface area (Å²) >= 11 is 0. The number of fused-ring (bicyclic) bond motifs is 1. The maximum absolute atomic E-state index is 11.9. The van der Waals surface area contributed by atoms with Gasteiger partial charge in [0.1, 0.15) is 5.54 Å². The average molecular weight is 234 g/mol. The van der Waals surface area contributed by atoms with Crippen molar-refractivity contribution in [3.63, 3.8) is 0 Å². The third-order valence-corrected chi connectivity index (χ3v) is 2.99. The van der Waals surface area contributed by atoms with Crippen LogP contribution in [0.4, 0.5) is 0 Å². The first kappa shape index (κ1) is 11.4. The number of H-pyrrole nitrogens is 1. The Morgan fingerprint density at radius 3 is 2.65 bits per heavy atom. The summed E-state index contributed by atoms with van der Waals surface area (Å²) in [6.45, 7) is 4.87. The number of carboxylic acid groups (broad SMARTS) is 1. The molecule has 0 unspecified atom stereocenters. The molecular weight excluding hydrogens is 220 g/mol. The van der Waals surface area contributed by atoms with Crippen molar-refractivity contribution in [3.05, 3.63) is 34.2 Å². The van der Waals surface area contributed by atoms with Crippen LogP contribution in [0.15, 0.2) is 23.0 Å². The highest BCUT2D eigenvalue weighted by atomic mass is 16.4. The summed E-state index contributed by atoms with van der Waals surface area (Å²) in [6, 6.07) is 5.44. The Balaban J connectivity index is 2.91. The van der Waals surface area contributed by atoms with Crippen LogP contribution in [0.1, 0.15) is 19.4 Å². The number of aliphatic carboxylic acids is 1. The summed E-state index contributed by atoms with van der Waals surface area (Å²) in [4.78, 5) is 25.8. The number of nitrogens with zero attached hydrogens (tertiary/aromatic N) is 1. The standard InChI is InChI=1S/C12H14N2O3/c1-7-5-4-6-8-9(7)14(11(17)13-8)12(2,3)10(15)16/h4-6H,1-3H3,(H,13,17)(H,15,16). The van der Waals surface area contributed by atoms with Gasteiger partial charge in [-0.25, -0.2) is 9.59 Å². The summed E-state index contributed by atoms with van der Waals surface area (Å²) < 4.78 is 1.29. The summed E-state index contributed by atoms with van der Waals surface area (Å²) in [5, 5.41) is 9.21. The molecule has 0 aliphatic carbocycles. The van der Waals surface area contributed by atoms with Gasteiger partial charge in [0.15, 0.2) is 0 Å². The number of imidazole rings is 1. The molecular formula is C12H14N2O3. The molecule has 90 valence electrons. The monoisotopic (exact) mass is 234 g/mol. The van der Waals surface area contributed by atoms with Crippen LogP contribution in [0.25, 0.3) is 11.0 Å². The van der Waals surface area contributed by atoms with Crippen LogP contribution in [0.3, 0.4) is 0 Å². The summed E-state index contributed by atoms with van der Waals surface area (Å²) in [6.07, 6.45) is 0. The lowest BCUT2D eigenvalue weighted by atomic mass is 10.0. The molecule has 0 saturated carbocycles. The summed E-state index contributed by atoms with van der Waals surface area (Å²) in [7, 11) is 0. The van der Waals surface area contributed by atoms with Crippen molar-refractivity contribution >= 4 is 17.0 Å². The second-order valence-electron chi connectivity index (χ2n) is 4.60. The molecule has 0 amide bonds. The van der Waals surface area contributed by atoms with E-state index < -0.39 is 17.2 Å². The average Bonchev–Trinajstić information content (AvgIpc) is 2.56. The zero-order valence-corrected chi connectivity index (χ0v) is 9.94. The van der Waals surface area contributed by atoms with Crippen molar-refractivity contribution in [2.75, 3.05) is 0 Å². The summed E-state index contributed by atoms with van der Waals surface area (Å²) in [5.41, 5.74) is 0.493. The third kappa shape index (κ3) is 1.54. The van der Waals surface area contributed by atoms with Crippen molar-refractivity contribution in [3.8, 4) is 0 Å². The molecule has 2 N–H and O–H groups in total. The lowest BCUT2D eigenvalue weighted by molar-refractivity contribution is -0.145. The first-order valence-corrected chi connectivity index (χ1v) is 5.30. The minimum Gasteiger partial charge on any atom is -0.480 e. The predicted octanol–water partition coefficient (Wildman–Crippen LogP) is 1.46. The fourth-order valence-electron chi connectivity index (χ4n) is 1.96. The van der Waals surface area contributed by atoms with Crippen LogP contribution in [0.5, 0.6) is 0 Å². The van der Waals surface area contributed by atoms with Crippen molar-refractivity contribution in [1.82, 2.24) is 9.55 Å².